The summed E-state index contributed by atoms with van der Waals surface area (Å²) in [5.41, 5.74) is 2.89. The van der Waals surface area contributed by atoms with Crippen molar-refractivity contribution in [3.05, 3.63) is 108 Å². The SMILES string of the molecule is CCCC(C)OC(c1ccccc1)(c1ccccc1)c1ccccc1. The average Bonchev–Trinajstić information content (AvgIpc) is 2.68. The Morgan fingerprint density at radius 3 is 1.36 bits per heavy atom. The highest BCUT2D eigenvalue weighted by Crippen LogP contribution is 2.41. The summed E-state index contributed by atoms with van der Waals surface area (Å²) >= 11 is 0. The second-order valence-electron chi connectivity index (χ2n) is 6.50. The molecule has 1 nitrogen and oxygen atoms in total. The van der Waals surface area contributed by atoms with Crippen LogP contribution < -0.4 is 0 Å². The van der Waals surface area contributed by atoms with Crippen LogP contribution >= 0.6 is 0 Å². The van der Waals surface area contributed by atoms with Gasteiger partial charge in [0.2, 0.25) is 0 Å². The summed E-state index contributed by atoms with van der Waals surface area (Å²) in [4.78, 5) is 0. The largest absolute Gasteiger partial charge is 0.358 e. The van der Waals surface area contributed by atoms with Crippen LogP contribution in [0, 0.1) is 0 Å². The lowest BCUT2D eigenvalue weighted by atomic mass is 9.80. The number of rotatable bonds is 7. The van der Waals surface area contributed by atoms with Crippen LogP contribution in [0.5, 0.6) is 0 Å². The van der Waals surface area contributed by atoms with Gasteiger partial charge < -0.3 is 4.74 Å². The molecule has 0 bridgehead atoms. The van der Waals surface area contributed by atoms with Gasteiger partial charge in [-0.2, -0.15) is 0 Å². The fourth-order valence-electron chi connectivity index (χ4n) is 3.49. The molecule has 0 radical (unpaired) electrons. The van der Waals surface area contributed by atoms with Crippen LogP contribution in [0.15, 0.2) is 91.0 Å². The second-order valence-corrected chi connectivity index (χ2v) is 6.50. The molecule has 3 aromatic rings. The Kier molecular flexibility index (Phi) is 5.67. The summed E-state index contributed by atoms with van der Waals surface area (Å²) < 4.78 is 6.84. The summed E-state index contributed by atoms with van der Waals surface area (Å²) in [6, 6.07) is 31.7. The van der Waals surface area contributed by atoms with Gasteiger partial charge in [0.1, 0.15) is 5.60 Å². The van der Waals surface area contributed by atoms with Crippen molar-refractivity contribution in [1.29, 1.82) is 0 Å². The van der Waals surface area contributed by atoms with E-state index >= 15 is 0 Å². The van der Waals surface area contributed by atoms with E-state index in [0.29, 0.717) is 0 Å². The predicted molar refractivity (Wildman–Crippen MR) is 105 cm³/mol. The highest BCUT2D eigenvalue weighted by atomic mass is 16.5. The summed E-state index contributed by atoms with van der Waals surface area (Å²) in [5, 5.41) is 0. The molecule has 0 aliphatic heterocycles. The van der Waals surface area contributed by atoms with Crippen molar-refractivity contribution in [3.63, 3.8) is 0 Å². The topological polar surface area (TPSA) is 9.23 Å². The highest BCUT2D eigenvalue weighted by molar-refractivity contribution is 5.47. The molecule has 1 heteroatoms. The molecular formula is C24H26O. The van der Waals surface area contributed by atoms with Gasteiger partial charge in [0.25, 0.3) is 0 Å². The molecule has 0 saturated heterocycles. The maximum absolute atomic E-state index is 6.84. The molecular weight excluding hydrogens is 304 g/mol. The van der Waals surface area contributed by atoms with Crippen LogP contribution in [-0.4, -0.2) is 6.10 Å². The van der Waals surface area contributed by atoms with Gasteiger partial charge in [0.15, 0.2) is 0 Å². The first-order chi connectivity index (χ1) is 12.3. The van der Waals surface area contributed by atoms with Crippen LogP contribution in [0.1, 0.15) is 43.4 Å². The minimum atomic E-state index is -0.599. The van der Waals surface area contributed by atoms with E-state index in [1.807, 2.05) is 0 Å². The molecule has 0 fully saturated rings. The smallest absolute Gasteiger partial charge is 0.144 e. The summed E-state index contributed by atoms with van der Waals surface area (Å²) in [6.45, 7) is 4.38. The Balaban J connectivity index is 2.24. The van der Waals surface area contributed by atoms with Crippen molar-refractivity contribution in [2.45, 2.75) is 38.4 Å². The Morgan fingerprint density at radius 2 is 1.04 bits per heavy atom. The van der Waals surface area contributed by atoms with E-state index in [9.17, 15) is 0 Å². The molecule has 0 heterocycles. The van der Waals surface area contributed by atoms with Crippen molar-refractivity contribution >= 4 is 0 Å². The van der Waals surface area contributed by atoms with E-state index in [0.717, 1.165) is 29.5 Å². The van der Waals surface area contributed by atoms with Crippen molar-refractivity contribution < 1.29 is 4.74 Å². The zero-order valence-electron chi connectivity index (χ0n) is 15.1. The lowest BCUT2D eigenvalue weighted by Gasteiger charge is -2.38. The number of hydrogen-bond acceptors (Lipinski definition) is 1. The first kappa shape index (κ1) is 17.4. The Morgan fingerprint density at radius 1 is 0.680 bits per heavy atom. The Labute approximate surface area is 151 Å². The first-order valence-corrected chi connectivity index (χ1v) is 9.11. The first-order valence-electron chi connectivity index (χ1n) is 9.11. The van der Waals surface area contributed by atoms with Gasteiger partial charge in [-0.15, -0.1) is 0 Å². The molecule has 0 aliphatic rings. The van der Waals surface area contributed by atoms with Gasteiger partial charge in [-0.05, 0) is 30.0 Å². The fourth-order valence-corrected chi connectivity index (χ4v) is 3.49. The number of hydrogen-bond donors (Lipinski definition) is 0. The van der Waals surface area contributed by atoms with Gasteiger partial charge in [0, 0.05) is 0 Å². The third kappa shape index (κ3) is 3.67. The molecule has 0 spiro atoms. The van der Waals surface area contributed by atoms with Crippen LogP contribution in [0.4, 0.5) is 0 Å². The maximum Gasteiger partial charge on any atom is 0.144 e. The summed E-state index contributed by atoms with van der Waals surface area (Å²) in [5.74, 6) is 0. The summed E-state index contributed by atoms with van der Waals surface area (Å²) in [7, 11) is 0. The molecule has 128 valence electrons. The summed E-state index contributed by atoms with van der Waals surface area (Å²) in [6.07, 6.45) is 2.30. The van der Waals surface area contributed by atoms with Crippen LogP contribution in [0.25, 0.3) is 0 Å². The molecule has 0 N–H and O–H groups in total. The van der Waals surface area contributed by atoms with Crippen molar-refractivity contribution in [3.8, 4) is 0 Å². The zero-order chi connectivity index (χ0) is 17.5. The molecule has 0 aliphatic carbocycles. The lowest BCUT2D eigenvalue weighted by Crippen LogP contribution is -2.36. The van der Waals surface area contributed by atoms with E-state index < -0.39 is 5.60 Å². The molecule has 0 amide bonds. The van der Waals surface area contributed by atoms with Crippen molar-refractivity contribution in [2.24, 2.45) is 0 Å². The van der Waals surface area contributed by atoms with E-state index in [1.165, 1.54) is 0 Å². The van der Waals surface area contributed by atoms with E-state index in [1.54, 1.807) is 0 Å². The average molecular weight is 330 g/mol. The van der Waals surface area contributed by atoms with Crippen LogP contribution in [-0.2, 0) is 10.3 Å². The minimum absolute atomic E-state index is 0.158. The molecule has 0 saturated carbocycles. The minimum Gasteiger partial charge on any atom is -0.358 e. The molecule has 3 rings (SSSR count). The molecule has 0 aromatic heterocycles. The molecule has 1 atom stereocenters. The Hall–Kier alpha value is -2.38. The van der Waals surface area contributed by atoms with Gasteiger partial charge in [-0.25, -0.2) is 0 Å². The van der Waals surface area contributed by atoms with E-state index in [4.69, 9.17) is 4.74 Å². The maximum atomic E-state index is 6.84. The number of benzene rings is 3. The third-order valence-corrected chi connectivity index (χ3v) is 4.61. The van der Waals surface area contributed by atoms with Gasteiger partial charge in [-0.1, -0.05) is 104 Å². The second kappa shape index (κ2) is 8.13. The predicted octanol–water partition coefficient (Wildman–Crippen LogP) is 6.18. The monoisotopic (exact) mass is 330 g/mol. The molecule has 3 aromatic carbocycles. The highest BCUT2D eigenvalue weighted by Gasteiger charge is 2.38. The van der Waals surface area contributed by atoms with E-state index in [2.05, 4.69) is 105 Å². The number of ether oxygens (including phenoxy) is 1. The van der Waals surface area contributed by atoms with Gasteiger partial charge >= 0.3 is 0 Å². The molecule has 1 unspecified atom stereocenters. The van der Waals surface area contributed by atoms with Crippen LogP contribution in [0.2, 0.25) is 0 Å². The lowest BCUT2D eigenvalue weighted by molar-refractivity contribution is -0.0420. The molecule has 25 heavy (non-hydrogen) atoms. The normalized spacial score (nSPS) is 12.7. The zero-order valence-corrected chi connectivity index (χ0v) is 15.1. The standard InChI is InChI=1S/C24H26O/c1-3-13-20(2)25-24(21-14-7-4-8-15-21,22-16-9-5-10-17-22)23-18-11-6-12-19-23/h4-12,14-20H,3,13H2,1-2H3. The Bertz CT molecular complexity index is 653. The fraction of sp³-hybridized carbons (Fsp3) is 0.250. The third-order valence-electron chi connectivity index (χ3n) is 4.61. The van der Waals surface area contributed by atoms with Crippen molar-refractivity contribution in [2.75, 3.05) is 0 Å². The van der Waals surface area contributed by atoms with Gasteiger partial charge in [0.05, 0.1) is 6.10 Å². The van der Waals surface area contributed by atoms with Crippen LogP contribution in [0.3, 0.4) is 0 Å². The van der Waals surface area contributed by atoms with E-state index in [-0.39, 0.29) is 6.10 Å². The van der Waals surface area contributed by atoms with Crippen molar-refractivity contribution in [1.82, 2.24) is 0 Å². The quantitative estimate of drug-likeness (QED) is 0.470. The van der Waals surface area contributed by atoms with Gasteiger partial charge in [-0.3, -0.25) is 0 Å².